The monoisotopic (exact) mass is 912 g/mol. The van der Waals surface area contributed by atoms with Crippen molar-refractivity contribution < 1.29 is 28.9 Å². The zero-order valence-electron chi connectivity index (χ0n) is 37.3. The van der Waals surface area contributed by atoms with Gasteiger partial charge in [-0.25, -0.2) is 0 Å². The summed E-state index contributed by atoms with van der Waals surface area (Å²) in [5.41, 5.74) is 2.28. The number of likely N-dealkylation sites (N-methyl/N-ethyl adjacent to an activating group) is 2. The number of nitro benzene ring substituents is 2. The normalized spacial score (nSPS) is 19.7. The summed E-state index contributed by atoms with van der Waals surface area (Å²) >= 11 is 1.16. The Morgan fingerprint density at radius 1 is 0.567 bits per heavy atom. The lowest BCUT2D eigenvalue weighted by molar-refractivity contribution is -0.386. The van der Waals surface area contributed by atoms with E-state index in [1.807, 2.05) is 124 Å². The molecule has 15 heteroatoms. The Labute approximate surface area is 390 Å². The van der Waals surface area contributed by atoms with Crippen molar-refractivity contribution in [3.05, 3.63) is 187 Å². The van der Waals surface area contributed by atoms with Crippen LogP contribution in [-0.4, -0.2) is 47.2 Å². The van der Waals surface area contributed by atoms with E-state index in [9.17, 15) is 29.8 Å². The summed E-state index contributed by atoms with van der Waals surface area (Å²) in [5, 5.41) is 31.7. The number of nitro groups is 2. The molecule has 2 N–H and O–H groups in total. The van der Waals surface area contributed by atoms with E-state index in [1.54, 1.807) is 60.7 Å². The minimum absolute atomic E-state index is 0.0928. The molecule has 2 atom stereocenters. The van der Waals surface area contributed by atoms with Crippen LogP contribution in [0.3, 0.4) is 0 Å². The average Bonchev–Trinajstić information content (AvgIpc) is 3.57. The zero-order valence-corrected chi connectivity index (χ0v) is 38.1. The highest BCUT2D eigenvalue weighted by atomic mass is 32.2. The van der Waals surface area contributed by atoms with Crippen molar-refractivity contribution in [2.75, 3.05) is 34.5 Å². The van der Waals surface area contributed by atoms with Gasteiger partial charge >= 0.3 is 11.4 Å². The molecule has 0 radical (unpaired) electrons. The number of ether oxygens (including phenoxy) is 2. The van der Waals surface area contributed by atoms with Gasteiger partial charge in [-0.05, 0) is 136 Å². The lowest BCUT2D eigenvalue weighted by Gasteiger charge is -2.45. The first-order chi connectivity index (χ1) is 31.9. The van der Waals surface area contributed by atoms with Crippen LogP contribution >= 0.6 is 11.8 Å². The molecular weight excluding hydrogens is 869 g/mol. The fourth-order valence-corrected chi connectivity index (χ4v) is 11.0. The van der Waals surface area contributed by atoms with E-state index < -0.39 is 32.1 Å². The summed E-state index contributed by atoms with van der Waals surface area (Å²) in [7, 11) is 3.75. The van der Waals surface area contributed by atoms with Gasteiger partial charge in [0, 0.05) is 81.0 Å². The van der Waals surface area contributed by atoms with Gasteiger partial charge in [-0.3, -0.25) is 29.8 Å². The number of hydrogen-bond donors (Lipinski definition) is 2. The first-order valence-electron chi connectivity index (χ1n) is 21.5. The number of anilines is 4. The maximum atomic E-state index is 13.0. The number of hydrogen-bond acceptors (Lipinski definition) is 11. The van der Waals surface area contributed by atoms with E-state index in [4.69, 9.17) is 9.47 Å². The van der Waals surface area contributed by atoms with Gasteiger partial charge in [0.1, 0.15) is 0 Å². The van der Waals surface area contributed by atoms with Crippen LogP contribution in [0.2, 0.25) is 0 Å². The van der Waals surface area contributed by atoms with Crippen LogP contribution in [0.4, 0.5) is 34.1 Å². The number of nitrogens with zero attached hydrogens (tertiary/aromatic N) is 4. The van der Waals surface area contributed by atoms with Crippen molar-refractivity contribution in [3.63, 3.8) is 0 Å². The Kier molecular flexibility index (Phi) is 9.85. The number of benzene rings is 6. The molecule has 2 amide bonds. The maximum absolute atomic E-state index is 13.0. The van der Waals surface area contributed by atoms with Gasteiger partial charge in [0.05, 0.1) is 20.7 Å². The van der Waals surface area contributed by atoms with Crippen LogP contribution in [0.25, 0.3) is 12.2 Å². The van der Waals surface area contributed by atoms with Crippen molar-refractivity contribution >= 4 is 69.9 Å². The van der Waals surface area contributed by atoms with E-state index in [1.165, 1.54) is 12.1 Å². The molecule has 6 aromatic carbocycles. The zero-order chi connectivity index (χ0) is 47.2. The quantitative estimate of drug-likeness (QED) is 0.110. The molecule has 2 unspecified atom stereocenters. The van der Waals surface area contributed by atoms with Gasteiger partial charge in [-0.15, -0.1) is 0 Å². The van der Waals surface area contributed by atoms with Crippen molar-refractivity contribution in [1.29, 1.82) is 0 Å². The highest BCUT2D eigenvalue weighted by molar-refractivity contribution is 7.99. The highest BCUT2D eigenvalue weighted by Gasteiger charge is 2.60. The predicted molar refractivity (Wildman–Crippen MR) is 260 cm³/mol. The highest BCUT2D eigenvalue weighted by Crippen LogP contribution is 2.58. The van der Waals surface area contributed by atoms with Crippen LogP contribution in [-0.2, 0) is 10.8 Å². The largest absolute Gasteiger partial charge is 0.456 e. The molecule has 14 nitrogen and oxygen atoms in total. The second kappa shape index (κ2) is 15.3. The molecular formula is C52H44N6O8S. The second-order valence-corrected chi connectivity index (χ2v) is 19.2. The number of carbonyl (C=O) groups is 2. The molecule has 4 heterocycles. The first kappa shape index (κ1) is 43.0. The molecule has 67 heavy (non-hydrogen) atoms. The van der Waals surface area contributed by atoms with Gasteiger partial charge in [-0.2, -0.15) is 0 Å². The fraction of sp³-hybridized carbons (Fsp3) is 0.192. The third-order valence-corrected chi connectivity index (χ3v) is 14.6. The lowest BCUT2D eigenvalue weighted by atomic mass is 9.76. The van der Waals surface area contributed by atoms with E-state index in [2.05, 4.69) is 10.6 Å². The average molecular weight is 913 g/mol. The summed E-state index contributed by atoms with van der Waals surface area (Å²) < 4.78 is 13.6. The Hall–Kier alpha value is -7.91. The van der Waals surface area contributed by atoms with Gasteiger partial charge in [-0.1, -0.05) is 48.2 Å². The minimum atomic E-state index is -1.17. The molecule has 336 valence electrons. The molecule has 6 aromatic rings. The van der Waals surface area contributed by atoms with Gasteiger partial charge in [0.25, 0.3) is 11.8 Å². The van der Waals surface area contributed by atoms with Crippen molar-refractivity contribution in [1.82, 2.24) is 0 Å². The second-order valence-electron chi connectivity index (χ2n) is 18.1. The molecule has 0 saturated carbocycles. The van der Waals surface area contributed by atoms with Crippen LogP contribution < -0.4 is 29.9 Å². The van der Waals surface area contributed by atoms with Gasteiger partial charge in [0.2, 0.25) is 22.9 Å². The maximum Gasteiger partial charge on any atom is 0.312 e. The molecule has 4 aliphatic heterocycles. The van der Waals surface area contributed by atoms with Crippen molar-refractivity contribution in [2.24, 2.45) is 0 Å². The third-order valence-electron chi connectivity index (χ3n) is 13.7. The topological polar surface area (TPSA) is 169 Å². The Balaban J connectivity index is 0.929. The summed E-state index contributed by atoms with van der Waals surface area (Å²) in [6.45, 7) is 8.01. The number of fused-ring (bicyclic) bond motifs is 4. The van der Waals surface area contributed by atoms with Crippen LogP contribution in [0.5, 0.6) is 11.5 Å². The van der Waals surface area contributed by atoms with E-state index >= 15 is 0 Å². The van der Waals surface area contributed by atoms with Crippen LogP contribution in [0.1, 0.15) is 70.7 Å². The van der Waals surface area contributed by atoms with E-state index in [0.717, 1.165) is 34.3 Å². The fourth-order valence-electron chi connectivity index (χ4n) is 10.0. The molecule has 0 aliphatic carbocycles. The molecule has 2 spiro atoms. The summed E-state index contributed by atoms with van der Waals surface area (Å²) in [6.07, 6.45) is 7.45. The van der Waals surface area contributed by atoms with E-state index in [0.29, 0.717) is 43.4 Å². The standard InChI is InChI=1S/C52H44N6O8S/c1-49(2)39-27-35(53-47(59)31-13-9-7-10-14-31)17-19-41(39)55(5)51(49)23-21-33-25-37(29-43(57(61)62)45(33)65-51)67-38-26-34-22-24-52(66-46(34)44(30-38)58(63)64)50(3,4)40-28-36(18-20-42(40)56(52)6)54-48(60)32-15-11-8-12-16-32/h7-30H,1-6H3,(H,53,59)(H,54,60). The Morgan fingerprint density at radius 2 is 0.955 bits per heavy atom. The minimum Gasteiger partial charge on any atom is -0.456 e. The Morgan fingerprint density at radius 3 is 1.33 bits per heavy atom. The summed E-state index contributed by atoms with van der Waals surface area (Å²) in [4.78, 5) is 55.7. The predicted octanol–water partition coefficient (Wildman–Crippen LogP) is 11.2. The summed E-state index contributed by atoms with van der Waals surface area (Å²) in [5.74, 6) is -0.305. The van der Waals surface area contributed by atoms with Crippen molar-refractivity contribution in [2.45, 2.75) is 59.8 Å². The van der Waals surface area contributed by atoms with Crippen LogP contribution in [0, 0.1) is 20.2 Å². The summed E-state index contributed by atoms with van der Waals surface area (Å²) in [6, 6.07) is 35.6. The molecule has 0 bridgehead atoms. The van der Waals surface area contributed by atoms with E-state index in [-0.39, 0.29) is 34.7 Å². The number of amides is 2. The number of carbonyl (C=O) groups excluding carboxylic acids is 2. The van der Waals surface area contributed by atoms with Crippen molar-refractivity contribution in [3.8, 4) is 11.5 Å². The lowest BCUT2D eigenvalue weighted by Crippen LogP contribution is -2.58. The van der Waals surface area contributed by atoms with Gasteiger partial charge in [0.15, 0.2) is 0 Å². The molecule has 10 rings (SSSR count). The SMILES string of the molecule is CN1c2ccc(NC(=O)c3ccccc3)cc2C(C)(C)C12C=Cc1cc(Sc3cc4c(c([N+](=O)[O-])c3)OC3(C=C4)N(C)c4ccc(NC(=O)c5ccccc5)cc4C3(C)C)cc([N+](=O)[O-])c1O2. The van der Waals surface area contributed by atoms with Crippen LogP contribution in [0.15, 0.2) is 143 Å². The smallest absolute Gasteiger partial charge is 0.312 e. The molecule has 0 fully saturated rings. The molecule has 0 aromatic heterocycles. The number of rotatable bonds is 8. The van der Waals surface area contributed by atoms with Gasteiger partial charge < -0.3 is 29.9 Å². The molecule has 0 saturated heterocycles. The Bertz CT molecular complexity index is 2960. The number of nitrogens with one attached hydrogen (secondary N) is 2. The third kappa shape index (κ3) is 6.62. The first-order valence-corrected chi connectivity index (χ1v) is 22.3. The molecule has 4 aliphatic rings.